The molecule has 3 heterocycles. The van der Waals surface area contributed by atoms with Crippen LogP contribution in [0.25, 0.3) is 10.9 Å². The van der Waals surface area contributed by atoms with Crippen LogP contribution in [0, 0.1) is 0 Å². The van der Waals surface area contributed by atoms with E-state index in [2.05, 4.69) is 62.5 Å². The van der Waals surface area contributed by atoms with E-state index >= 15 is 0 Å². The van der Waals surface area contributed by atoms with Crippen LogP contribution < -0.4 is 54.0 Å². The third-order valence-corrected chi connectivity index (χ3v) is 12.3. The summed E-state index contributed by atoms with van der Waals surface area (Å²) < 4.78 is 0. The van der Waals surface area contributed by atoms with Gasteiger partial charge in [0.15, 0.2) is 5.96 Å². The van der Waals surface area contributed by atoms with Gasteiger partial charge in [0.25, 0.3) is 0 Å². The number of nitrogens with one attached hydrogen (secondary N) is 10. The minimum Gasteiger partial charge on any atom is -0.480 e. The summed E-state index contributed by atoms with van der Waals surface area (Å²) in [6.45, 7) is 3.19. The summed E-state index contributed by atoms with van der Waals surface area (Å²) in [4.78, 5) is 139. The molecular weight excluding hydrogens is 957 g/mol. The lowest BCUT2D eigenvalue weighted by Crippen LogP contribution is -2.61. The summed E-state index contributed by atoms with van der Waals surface area (Å²) in [6, 6.07) is 6.21. The van der Waals surface area contributed by atoms with E-state index in [1.807, 2.05) is 25.1 Å². The minimum absolute atomic E-state index is 0.00489. The number of carboxylic acids is 1. The summed E-state index contributed by atoms with van der Waals surface area (Å²) in [5, 5.41) is 32.3. The summed E-state index contributed by atoms with van der Waals surface area (Å²) in [7, 11) is 0. The number of unbranched alkanes of at least 4 members (excludes halogenated alkanes) is 1. The number of carbonyl (C=O) groups excluding carboxylic acids is 8. The fourth-order valence-electron chi connectivity index (χ4n) is 8.37. The number of amides is 8. The van der Waals surface area contributed by atoms with Gasteiger partial charge in [0.05, 0.1) is 12.7 Å². The Labute approximate surface area is 427 Å². The molecule has 24 nitrogen and oxygen atoms in total. The first-order chi connectivity index (χ1) is 35.5. The molecule has 5 rings (SSSR count). The second-order valence-electron chi connectivity index (χ2n) is 18.1. The van der Waals surface area contributed by atoms with E-state index in [1.165, 1.54) is 19.4 Å². The lowest BCUT2D eigenvalue weighted by atomic mass is 10.0. The molecule has 15 N–H and O–H groups in total. The molecule has 1 aliphatic heterocycles. The lowest BCUT2D eigenvalue weighted by Gasteiger charge is -2.28. The number of hydrogen-bond acceptors (Lipinski definition) is 11. The Balaban J connectivity index is 1.55. The maximum atomic E-state index is 14.7. The highest BCUT2D eigenvalue weighted by atomic mass is 16.4. The number of rotatable bonds is 17. The quantitative estimate of drug-likeness (QED) is 0.0356. The van der Waals surface area contributed by atoms with Crippen molar-refractivity contribution in [2.24, 2.45) is 16.5 Å². The Hall–Kier alpha value is -8.31. The van der Waals surface area contributed by atoms with E-state index in [0.717, 1.165) is 10.9 Å². The van der Waals surface area contributed by atoms with Gasteiger partial charge in [-0.25, -0.2) is 9.78 Å². The lowest BCUT2D eigenvalue weighted by molar-refractivity contribution is -0.142. The van der Waals surface area contributed by atoms with E-state index in [0.29, 0.717) is 29.7 Å². The van der Waals surface area contributed by atoms with Gasteiger partial charge in [-0.1, -0.05) is 68.3 Å². The first-order valence-corrected chi connectivity index (χ1v) is 24.7. The Morgan fingerprint density at radius 1 is 0.784 bits per heavy atom. The van der Waals surface area contributed by atoms with E-state index in [4.69, 9.17) is 11.5 Å². The van der Waals surface area contributed by atoms with Gasteiger partial charge in [0.1, 0.15) is 42.3 Å². The standard InChI is InChI=1S/C50H68N14O10/c1-3-4-16-35(58-29(2)65)43(67)64-41-25-42(66)54-20-11-10-18-37(49(73)74)60-46(70)39(23-31-26-56-34-17-9-8-15-33(31)34)62-44(68)36(19-12-21-55-50(51)52)59-45(69)38(22-30-13-6-5-7-14-30)61-47(71)40(63-48(41)72)24-32-27-53-28-57-32/h5-9,13-15,17,26-28,35-41,56H,3-4,10-12,16,18-25H2,1-2H3,(H,53,57)(H,54,66)(H,58,65)(H,59,69)(H,60,70)(H,61,71)(H,62,68)(H,63,72)(H,64,67)(H,73,74)(H4,51,52,55)/t35-,36?,37?,38+,39?,40?,41-/m0/s1. The highest BCUT2D eigenvalue weighted by Crippen LogP contribution is 2.20. The van der Waals surface area contributed by atoms with Gasteiger partial charge in [-0.2, -0.15) is 0 Å². The summed E-state index contributed by atoms with van der Waals surface area (Å²) in [5.74, 6) is -7.80. The van der Waals surface area contributed by atoms with Crippen LogP contribution >= 0.6 is 0 Å². The summed E-state index contributed by atoms with van der Waals surface area (Å²) in [6.07, 6.45) is 5.28. The van der Waals surface area contributed by atoms with Crippen LogP contribution in [0.1, 0.15) is 88.5 Å². The number of benzene rings is 2. The SMILES string of the molecule is CCCC[C@H](NC(C)=O)C(=O)N[C@H]1CC(=O)NCCCCC(C(=O)O)NC(=O)C(Cc2c[nH]c3ccccc23)NC(=O)C(CCCN=C(N)N)NC(=O)[C@@H](Cc2ccccc2)NC(=O)C(Cc2cnc[nH]2)NC1=O. The van der Waals surface area contributed by atoms with E-state index in [9.17, 15) is 48.3 Å². The molecular formula is C50H68N14O10. The third kappa shape index (κ3) is 18.1. The van der Waals surface area contributed by atoms with Crippen molar-refractivity contribution in [2.75, 3.05) is 13.1 Å². The molecule has 2 aromatic carbocycles. The Morgan fingerprint density at radius 2 is 1.43 bits per heavy atom. The molecule has 7 atom stereocenters. The molecule has 0 radical (unpaired) electrons. The second-order valence-corrected chi connectivity index (χ2v) is 18.1. The zero-order valence-electron chi connectivity index (χ0n) is 41.5. The van der Waals surface area contributed by atoms with Crippen LogP contribution in [0.5, 0.6) is 0 Å². The molecule has 2 aromatic heterocycles. The fourth-order valence-corrected chi connectivity index (χ4v) is 8.37. The molecule has 0 bridgehead atoms. The number of carboxylic acid groups (broad SMARTS) is 1. The van der Waals surface area contributed by atoms with Crippen molar-refractivity contribution >= 4 is 70.1 Å². The maximum absolute atomic E-state index is 14.7. The average molecular weight is 1030 g/mol. The van der Waals surface area contributed by atoms with Crippen molar-refractivity contribution in [3.05, 3.63) is 90.1 Å². The van der Waals surface area contributed by atoms with Crippen LogP contribution in [0.2, 0.25) is 0 Å². The smallest absolute Gasteiger partial charge is 0.326 e. The van der Waals surface area contributed by atoms with Gasteiger partial charge in [-0.05, 0) is 55.7 Å². The molecule has 1 saturated heterocycles. The second kappa shape index (κ2) is 28.7. The van der Waals surface area contributed by atoms with Crippen molar-refractivity contribution in [3.8, 4) is 0 Å². The molecule has 0 aliphatic carbocycles. The van der Waals surface area contributed by atoms with Crippen LogP contribution in [0.3, 0.4) is 0 Å². The zero-order valence-corrected chi connectivity index (χ0v) is 41.5. The van der Waals surface area contributed by atoms with Crippen LogP contribution in [-0.4, -0.2) is 135 Å². The number of aliphatic imine (C=N–C) groups is 1. The van der Waals surface area contributed by atoms with Crippen LogP contribution in [0.4, 0.5) is 0 Å². The maximum Gasteiger partial charge on any atom is 0.326 e. The molecule has 74 heavy (non-hydrogen) atoms. The number of guanidine groups is 1. The number of nitrogens with two attached hydrogens (primary N) is 2. The molecule has 1 fully saturated rings. The van der Waals surface area contributed by atoms with Crippen LogP contribution in [0.15, 0.2) is 78.3 Å². The number of H-pyrrole nitrogens is 2. The monoisotopic (exact) mass is 1020 g/mol. The van der Waals surface area contributed by atoms with Gasteiger partial charge >= 0.3 is 5.97 Å². The predicted molar refractivity (Wildman–Crippen MR) is 272 cm³/mol. The van der Waals surface area contributed by atoms with E-state index in [-0.39, 0.29) is 76.8 Å². The van der Waals surface area contributed by atoms with Gasteiger partial charge in [0, 0.05) is 68.3 Å². The highest BCUT2D eigenvalue weighted by molar-refractivity contribution is 5.99. The average Bonchev–Trinajstić information content (AvgIpc) is 4.04. The fraction of sp³-hybridized carbons (Fsp3) is 0.460. The van der Waals surface area contributed by atoms with Crippen molar-refractivity contribution in [1.29, 1.82) is 0 Å². The molecule has 0 saturated carbocycles. The largest absolute Gasteiger partial charge is 0.480 e. The molecule has 24 heteroatoms. The van der Waals surface area contributed by atoms with Crippen molar-refractivity contribution in [3.63, 3.8) is 0 Å². The van der Waals surface area contributed by atoms with Crippen molar-refractivity contribution < 1.29 is 48.3 Å². The highest BCUT2D eigenvalue weighted by Gasteiger charge is 2.35. The number of fused-ring (bicyclic) bond motifs is 1. The number of nitrogens with zero attached hydrogens (tertiary/aromatic N) is 2. The van der Waals surface area contributed by atoms with Gasteiger partial charge in [-0.3, -0.25) is 43.3 Å². The Bertz CT molecular complexity index is 2580. The number of carbonyl (C=O) groups is 9. The molecule has 1 aliphatic rings. The number of hydrogen-bond donors (Lipinski definition) is 13. The number of aromatic nitrogens is 3. The summed E-state index contributed by atoms with van der Waals surface area (Å²) >= 11 is 0. The van der Waals surface area contributed by atoms with Gasteiger partial charge in [-0.15, -0.1) is 0 Å². The zero-order chi connectivity index (χ0) is 53.6. The first-order valence-electron chi connectivity index (χ1n) is 24.7. The number of aromatic amines is 2. The van der Waals surface area contributed by atoms with Gasteiger partial charge in [0.2, 0.25) is 47.3 Å². The molecule has 0 spiro atoms. The topological polar surface area (TPSA) is 379 Å². The molecule has 398 valence electrons. The van der Waals surface area contributed by atoms with E-state index in [1.54, 1.807) is 42.6 Å². The van der Waals surface area contributed by atoms with E-state index < -0.39 is 102 Å². The normalized spacial score (nSPS) is 21.3. The number of imidazole rings is 1. The molecule has 8 amide bonds. The third-order valence-electron chi connectivity index (χ3n) is 12.3. The predicted octanol–water partition coefficient (Wildman–Crippen LogP) is -0.649. The Morgan fingerprint density at radius 3 is 2.11 bits per heavy atom. The summed E-state index contributed by atoms with van der Waals surface area (Å²) in [5.41, 5.74) is 13.5. The molecule has 4 unspecified atom stereocenters. The van der Waals surface area contributed by atoms with Crippen molar-refractivity contribution in [1.82, 2.24) is 57.5 Å². The molecule has 4 aromatic rings. The van der Waals surface area contributed by atoms with Crippen molar-refractivity contribution in [2.45, 2.75) is 133 Å². The van der Waals surface area contributed by atoms with Crippen LogP contribution in [-0.2, 0) is 62.4 Å². The number of aliphatic carboxylic acids is 1. The first kappa shape index (κ1) is 56.6. The minimum atomic E-state index is -1.59. The van der Waals surface area contributed by atoms with Gasteiger partial charge < -0.3 is 69.1 Å². The Kier molecular flexibility index (Phi) is 21.9. The number of para-hydroxylation sites is 1.